The van der Waals surface area contributed by atoms with Gasteiger partial charge in [0.2, 0.25) is 0 Å². The summed E-state index contributed by atoms with van der Waals surface area (Å²) >= 11 is 0. The number of hydrogen-bond donors (Lipinski definition) is 0. The molecule has 0 aliphatic heterocycles. The van der Waals surface area contributed by atoms with E-state index >= 15 is 0 Å². The van der Waals surface area contributed by atoms with E-state index in [2.05, 4.69) is 147 Å². The lowest BCUT2D eigenvalue weighted by molar-refractivity contribution is 0.480. The molecule has 0 N–H and O–H groups in total. The smallest absolute Gasteiger partial charge is 0.135 e. The molecule has 4 unspecified atom stereocenters. The third kappa shape index (κ3) is 4.46. The zero-order valence-corrected chi connectivity index (χ0v) is 30.2. The van der Waals surface area contributed by atoms with Crippen LogP contribution in [0.2, 0.25) is 0 Å². The van der Waals surface area contributed by atoms with Crippen molar-refractivity contribution in [2.75, 3.05) is 0 Å². The van der Waals surface area contributed by atoms with Crippen LogP contribution in [0.15, 0.2) is 162 Å². The summed E-state index contributed by atoms with van der Waals surface area (Å²) < 4.78 is 13.8. The predicted octanol–water partition coefficient (Wildman–Crippen LogP) is 13.4. The number of ether oxygens (including phenoxy) is 2. The Hall–Kier alpha value is -6.12. The summed E-state index contributed by atoms with van der Waals surface area (Å²) in [6.45, 7) is 2.34. The lowest BCUT2D eigenvalue weighted by Gasteiger charge is -2.27. The van der Waals surface area contributed by atoms with Gasteiger partial charge in [-0.3, -0.25) is 0 Å². The van der Waals surface area contributed by atoms with E-state index in [0.29, 0.717) is 23.7 Å². The Kier molecular flexibility index (Phi) is 6.43. The van der Waals surface area contributed by atoms with Gasteiger partial charge in [-0.15, -0.1) is 0 Å². The van der Waals surface area contributed by atoms with E-state index in [4.69, 9.17) is 9.47 Å². The lowest BCUT2D eigenvalue weighted by atomic mass is 9.79. The van der Waals surface area contributed by atoms with Gasteiger partial charge in [0, 0.05) is 22.8 Å². The first-order chi connectivity index (χ1) is 26.6. The standard InChI is InChI=1S/C52H38O2/c1-30-21-32-13-10-20-37-41-25-43-46-29-50(53-33-14-4-2-5-15-33)47-26-40-36-19-9-12-31-11-8-18-35(38(36)23-31)39(40)24-42(47)45(46)28-51(54-34-16-6-3-7-17-34)48(43)27-44(41)49(22-30)52(32)37/h2-20,22,25-31,38-39H,21,23-24H2,1H3. The molecule has 6 aromatic rings. The number of benzene rings is 6. The van der Waals surface area contributed by atoms with Crippen molar-refractivity contribution in [2.45, 2.75) is 26.2 Å². The first-order valence-corrected chi connectivity index (χ1v) is 19.5. The summed E-state index contributed by atoms with van der Waals surface area (Å²) in [5.74, 6) is 5.22. The summed E-state index contributed by atoms with van der Waals surface area (Å²) in [5.41, 5.74) is 15.2. The lowest BCUT2D eigenvalue weighted by Crippen LogP contribution is -2.13. The molecule has 0 aromatic heterocycles. The molecule has 2 bridgehead atoms. The van der Waals surface area contributed by atoms with Crippen LogP contribution in [0, 0.1) is 23.7 Å². The van der Waals surface area contributed by atoms with Crippen LogP contribution in [0.5, 0.6) is 23.0 Å². The highest BCUT2D eigenvalue weighted by molar-refractivity contribution is 6.17. The average molecular weight is 695 g/mol. The van der Waals surface area contributed by atoms with Crippen LogP contribution in [0.1, 0.15) is 41.2 Å². The maximum atomic E-state index is 6.93. The Labute approximate surface area is 315 Å². The van der Waals surface area contributed by atoms with E-state index in [9.17, 15) is 0 Å². The van der Waals surface area contributed by atoms with Gasteiger partial charge in [0.15, 0.2) is 0 Å². The van der Waals surface area contributed by atoms with Crippen molar-refractivity contribution in [1.82, 2.24) is 0 Å². The zero-order chi connectivity index (χ0) is 35.5. The van der Waals surface area contributed by atoms with Gasteiger partial charge < -0.3 is 9.47 Å². The Morgan fingerprint density at radius 1 is 0.593 bits per heavy atom. The highest BCUT2D eigenvalue weighted by Crippen LogP contribution is 2.57. The summed E-state index contributed by atoms with van der Waals surface area (Å²) in [6.07, 6.45) is 22.2. The van der Waals surface area contributed by atoms with Gasteiger partial charge in [0.05, 0.1) is 0 Å². The SMILES string of the molecule is CC1C=C2c3cc4c(Oc5ccccc5)cc5c6c(c(Oc7ccccc7)cc5c4cc3-c3cccc(c32)C1)C=C1C2=CC=CC3C=CC=C(C1C6)C2C3. The normalized spacial score (nSPS) is 22.2. The third-order valence-corrected chi connectivity index (χ3v) is 12.8. The first-order valence-electron chi connectivity index (χ1n) is 19.5. The Bertz CT molecular complexity index is 2810. The minimum absolute atomic E-state index is 0.328. The van der Waals surface area contributed by atoms with E-state index in [1.807, 2.05) is 12.1 Å². The van der Waals surface area contributed by atoms with Gasteiger partial charge in [0.25, 0.3) is 0 Å². The molecule has 6 aliphatic carbocycles. The van der Waals surface area contributed by atoms with Crippen LogP contribution in [0.25, 0.3) is 44.3 Å². The Morgan fingerprint density at radius 3 is 2.13 bits per heavy atom. The number of hydrogen-bond acceptors (Lipinski definition) is 2. The highest BCUT2D eigenvalue weighted by Gasteiger charge is 2.42. The molecule has 0 spiro atoms. The Balaban J connectivity index is 1.16. The van der Waals surface area contributed by atoms with Crippen molar-refractivity contribution in [3.8, 4) is 34.1 Å². The van der Waals surface area contributed by atoms with Crippen LogP contribution in [0.4, 0.5) is 0 Å². The molecule has 2 nitrogen and oxygen atoms in total. The summed E-state index contributed by atoms with van der Waals surface area (Å²) in [4.78, 5) is 0. The van der Waals surface area contributed by atoms with Crippen LogP contribution >= 0.6 is 0 Å². The van der Waals surface area contributed by atoms with E-state index in [-0.39, 0.29) is 0 Å². The van der Waals surface area contributed by atoms with E-state index in [1.165, 1.54) is 71.8 Å². The molecule has 6 aromatic carbocycles. The number of rotatable bonds is 4. The van der Waals surface area contributed by atoms with Gasteiger partial charge in [-0.1, -0.05) is 110 Å². The molecule has 0 saturated heterocycles. The maximum Gasteiger partial charge on any atom is 0.135 e. The molecule has 6 aliphatic rings. The topological polar surface area (TPSA) is 18.5 Å². The van der Waals surface area contributed by atoms with Crippen molar-refractivity contribution in [1.29, 1.82) is 0 Å². The average Bonchev–Trinajstić information content (AvgIpc) is 3.42. The zero-order valence-electron chi connectivity index (χ0n) is 30.2. The molecule has 2 heteroatoms. The summed E-state index contributed by atoms with van der Waals surface area (Å²) in [6, 6.07) is 36.9. The second kappa shape index (κ2) is 11.4. The van der Waals surface area contributed by atoms with Crippen molar-refractivity contribution < 1.29 is 9.47 Å². The summed E-state index contributed by atoms with van der Waals surface area (Å²) in [7, 11) is 0. The van der Waals surface area contributed by atoms with Crippen LogP contribution in [-0.2, 0) is 12.8 Å². The fraction of sp³-hybridized carbons (Fsp3) is 0.154. The van der Waals surface area contributed by atoms with E-state index in [1.54, 1.807) is 5.57 Å². The minimum atomic E-state index is 0.328. The summed E-state index contributed by atoms with van der Waals surface area (Å²) in [5, 5.41) is 4.76. The fourth-order valence-electron chi connectivity index (χ4n) is 10.5. The van der Waals surface area contributed by atoms with E-state index in [0.717, 1.165) is 47.6 Å². The van der Waals surface area contributed by atoms with Crippen molar-refractivity contribution >= 4 is 33.2 Å². The molecule has 258 valence electrons. The molecule has 0 heterocycles. The molecule has 0 radical (unpaired) electrons. The van der Waals surface area contributed by atoms with Crippen LogP contribution in [-0.4, -0.2) is 0 Å². The maximum absolute atomic E-state index is 6.93. The molecule has 0 amide bonds. The fourth-order valence-corrected chi connectivity index (χ4v) is 10.5. The van der Waals surface area contributed by atoms with Crippen molar-refractivity contribution in [2.24, 2.45) is 23.7 Å². The number of fused-ring (bicyclic) bond motifs is 12. The second-order valence-electron chi connectivity index (χ2n) is 16.0. The molecule has 4 atom stereocenters. The Morgan fingerprint density at radius 2 is 1.31 bits per heavy atom. The molecule has 1 saturated carbocycles. The molecule has 12 rings (SSSR count). The molecular weight excluding hydrogens is 657 g/mol. The molecular formula is C52H38O2. The van der Waals surface area contributed by atoms with Gasteiger partial charge >= 0.3 is 0 Å². The largest absolute Gasteiger partial charge is 0.457 e. The first kappa shape index (κ1) is 30.4. The highest BCUT2D eigenvalue weighted by atomic mass is 16.5. The third-order valence-electron chi connectivity index (χ3n) is 12.8. The van der Waals surface area contributed by atoms with Gasteiger partial charge in [-0.2, -0.15) is 0 Å². The van der Waals surface area contributed by atoms with Gasteiger partial charge in [0.1, 0.15) is 23.0 Å². The second-order valence-corrected chi connectivity index (χ2v) is 16.0. The van der Waals surface area contributed by atoms with Crippen LogP contribution < -0.4 is 9.47 Å². The minimum Gasteiger partial charge on any atom is -0.457 e. The number of para-hydroxylation sites is 2. The number of allylic oxidation sites excluding steroid dienone is 10. The van der Waals surface area contributed by atoms with Gasteiger partial charge in [-0.25, -0.2) is 0 Å². The van der Waals surface area contributed by atoms with E-state index < -0.39 is 0 Å². The molecule has 54 heavy (non-hydrogen) atoms. The van der Waals surface area contributed by atoms with Crippen LogP contribution in [0.3, 0.4) is 0 Å². The monoisotopic (exact) mass is 694 g/mol. The van der Waals surface area contributed by atoms with Crippen molar-refractivity contribution in [3.05, 3.63) is 190 Å². The van der Waals surface area contributed by atoms with Crippen molar-refractivity contribution in [3.63, 3.8) is 0 Å². The quantitative estimate of drug-likeness (QED) is 0.171. The molecule has 1 fully saturated rings. The predicted molar refractivity (Wildman–Crippen MR) is 221 cm³/mol. The van der Waals surface area contributed by atoms with Gasteiger partial charge in [-0.05, 0) is 152 Å².